The Morgan fingerprint density at radius 3 is 1.73 bits per heavy atom. The maximum atomic E-state index is 14.0. The number of rotatable bonds is 17. The van der Waals surface area contributed by atoms with Crippen LogP contribution in [-0.4, -0.2) is 79.8 Å². The third-order valence-electron chi connectivity index (χ3n) is 7.23. The highest BCUT2D eigenvalue weighted by molar-refractivity contribution is 7.93. The van der Waals surface area contributed by atoms with E-state index in [1.807, 2.05) is 0 Å². The largest absolute Gasteiger partial charge is 0.460 e. The number of carbonyl (C=O) groups excluding carboxylic acids is 6. The molecule has 0 saturated heterocycles. The molecule has 0 bridgehead atoms. The molecule has 4 N–H and O–H groups in total. The van der Waals surface area contributed by atoms with Crippen LogP contribution in [0.1, 0.15) is 85.4 Å². The second-order valence-electron chi connectivity index (χ2n) is 15.2. The Morgan fingerprint density at radius 2 is 1.22 bits per heavy atom. The maximum absolute atomic E-state index is 14.0. The van der Waals surface area contributed by atoms with E-state index in [0.29, 0.717) is 11.1 Å². The van der Waals surface area contributed by atoms with Crippen LogP contribution in [0.2, 0.25) is 0 Å². The van der Waals surface area contributed by atoms with Crippen LogP contribution in [0.25, 0.3) is 0 Å². The van der Waals surface area contributed by atoms with Crippen molar-refractivity contribution in [2.75, 3.05) is 6.26 Å². The summed E-state index contributed by atoms with van der Waals surface area (Å²) in [6.45, 7) is 13.1. The van der Waals surface area contributed by atoms with Gasteiger partial charge in [-0.1, -0.05) is 80.6 Å². The van der Waals surface area contributed by atoms with Crippen molar-refractivity contribution in [3.05, 3.63) is 83.3 Å². The molecule has 0 aromatic heterocycles. The third kappa shape index (κ3) is 18.6. The van der Waals surface area contributed by atoms with E-state index in [1.54, 1.807) is 116 Å². The summed E-state index contributed by atoms with van der Waals surface area (Å²) < 4.78 is 39.8. The van der Waals surface area contributed by atoms with Crippen LogP contribution >= 0.6 is 0 Å². The highest BCUT2D eigenvalue weighted by Crippen LogP contribution is 2.17. The van der Waals surface area contributed by atoms with Crippen molar-refractivity contribution in [1.82, 2.24) is 21.3 Å². The molecule has 0 aliphatic heterocycles. The maximum Gasteiger partial charge on any atom is 0.408 e. The molecule has 0 spiro atoms. The van der Waals surface area contributed by atoms with Gasteiger partial charge in [0, 0.05) is 11.7 Å². The SMILES string of the molecule is CC(C)[C@H](NC(=O)[C@@H](NC(=O)[C@H](CC(=O)OC(C)(C)C)NC(=O)OCc1ccccc1)c1ccccc1)C(=O)N[C@H](/C=C/S(C)(=O)=O)CC(=O)OC(C)(C)C. The van der Waals surface area contributed by atoms with E-state index in [4.69, 9.17) is 14.2 Å². The lowest BCUT2D eigenvalue weighted by atomic mass is 10.00. The summed E-state index contributed by atoms with van der Waals surface area (Å²) in [7, 11) is -3.64. The molecule has 15 nitrogen and oxygen atoms in total. The van der Waals surface area contributed by atoms with Gasteiger partial charge in [0.1, 0.15) is 35.9 Å². The molecule has 0 aliphatic carbocycles. The van der Waals surface area contributed by atoms with Gasteiger partial charge in [0.2, 0.25) is 17.7 Å². The third-order valence-corrected chi connectivity index (χ3v) is 7.88. The second kappa shape index (κ2) is 20.4. The van der Waals surface area contributed by atoms with Gasteiger partial charge in [-0.3, -0.25) is 24.0 Å². The Morgan fingerprint density at radius 1 is 0.691 bits per heavy atom. The molecule has 16 heteroatoms. The van der Waals surface area contributed by atoms with E-state index in [0.717, 1.165) is 17.7 Å². The zero-order valence-electron chi connectivity index (χ0n) is 32.8. The number of hydrogen-bond acceptors (Lipinski definition) is 11. The summed E-state index contributed by atoms with van der Waals surface area (Å²) in [6, 6.07) is 11.5. The highest BCUT2D eigenvalue weighted by Gasteiger charge is 2.34. The van der Waals surface area contributed by atoms with Crippen LogP contribution in [0.3, 0.4) is 0 Å². The first-order valence-corrected chi connectivity index (χ1v) is 19.6. The molecule has 0 fully saturated rings. The Kier molecular flexibility index (Phi) is 17.1. The van der Waals surface area contributed by atoms with Crippen LogP contribution in [-0.2, 0) is 54.6 Å². The number of benzene rings is 2. The van der Waals surface area contributed by atoms with Crippen LogP contribution in [0.15, 0.2) is 72.1 Å². The van der Waals surface area contributed by atoms with Crippen molar-refractivity contribution in [2.45, 2.75) is 110 Å². The molecule has 4 atom stereocenters. The Balaban J connectivity index is 2.37. The first kappa shape index (κ1) is 45.9. The number of nitrogens with one attached hydrogen (secondary N) is 4. The minimum absolute atomic E-state index is 0.121. The van der Waals surface area contributed by atoms with Crippen LogP contribution < -0.4 is 21.3 Å². The van der Waals surface area contributed by atoms with E-state index in [2.05, 4.69) is 21.3 Å². The van der Waals surface area contributed by atoms with Crippen molar-refractivity contribution in [3.63, 3.8) is 0 Å². The molecule has 4 amide bonds. The summed E-state index contributed by atoms with van der Waals surface area (Å²) in [4.78, 5) is 79.9. The molecule has 2 aromatic rings. The van der Waals surface area contributed by atoms with Gasteiger partial charge in [-0.15, -0.1) is 0 Å². The summed E-state index contributed by atoms with van der Waals surface area (Å²) >= 11 is 0. The molecule has 302 valence electrons. The summed E-state index contributed by atoms with van der Waals surface area (Å²) in [5.74, 6) is -4.56. The van der Waals surface area contributed by atoms with Gasteiger partial charge < -0.3 is 35.5 Å². The number of hydrogen-bond donors (Lipinski definition) is 4. The minimum Gasteiger partial charge on any atom is -0.460 e. The summed E-state index contributed by atoms with van der Waals surface area (Å²) in [5, 5.41) is 11.1. The smallest absolute Gasteiger partial charge is 0.408 e. The van der Waals surface area contributed by atoms with Gasteiger partial charge in [0.05, 0.1) is 18.9 Å². The molecule has 55 heavy (non-hydrogen) atoms. The van der Waals surface area contributed by atoms with Gasteiger partial charge >= 0.3 is 18.0 Å². The predicted octanol–water partition coefficient (Wildman–Crippen LogP) is 3.79. The number of amides is 4. The molecule has 0 unspecified atom stereocenters. The van der Waals surface area contributed by atoms with Crippen molar-refractivity contribution in [1.29, 1.82) is 0 Å². The van der Waals surface area contributed by atoms with Crippen molar-refractivity contribution < 1.29 is 51.4 Å². The lowest BCUT2D eigenvalue weighted by molar-refractivity contribution is -0.157. The van der Waals surface area contributed by atoms with E-state index in [9.17, 15) is 37.2 Å². The van der Waals surface area contributed by atoms with Gasteiger partial charge in [0.15, 0.2) is 9.84 Å². The molecular formula is C39H54N4O11S. The molecule has 0 heterocycles. The Bertz CT molecular complexity index is 1770. The average molecular weight is 787 g/mol. The number of ether oxygens (including phenoxy) is 3. The van der Waals surface area contributed by atoms with Crippen molar-refractivity contribution in [2.24, 2.45) is 5.92 Å². The van der Waals surface area contributed by atoms with Gasteiger partial charge in [0.25, 0.3) is 0 Å². The Labute approximate surface area is 323 Å². The summed E-state index contributed by atoms with van der Waals surface area (Å²) in [6.07, 6.45) is 0.0777. The predicted molar refractivity (Wildman–Crippen MR) is 204 cm³/mol. The van der Waals surface area contributed by atoms with Crippen LogP contribution in [0.4, 0.5) is 4.79 Å². The molecular weight excluding hydrogens is 733 g/mol. The molecule has 2 rings (SSSR count). The lowest BCUT2D eigenvalue weighted by Crippen LogP contribution is -2.56. The summed E-state index contributed by atoms with van der Waals surface area (Å²) in [5.41, 5.74) is -0.769. The minimum atomic E-state index is -3.64. The van der Waals surface area contributed by atoms with E-state index in [1.165, 1.54) is 0 Å². The normalized spacial score (nSPS) is 14.1. The fourth-order valence-corrected chi connectivity index (χ4v) is 5.34. The zero-order valence-corrected chi connectivity index (χ0v) is 33.7. The van der Waals surface area contributed by atoms with Gasteiger partial charge in [-0.25, -0.2) is 13.2 Å². The molecule has 0 aliphatic rings. The van der Waals surface area contributed by atoms with Crippen molar-refractivity contribution >= 4 is 45.6 Å². The van der Waals surface area contributed by atoms with Crippen LogP contribution in [0, 0.1) is 5.92 Å². The Hall–Kier alpha value is -5.25. The van der Waals surface area contributed by atoms with Crippen molar-refractivity contribution in [3.8, 4) is 0 Å². The average Bonchev–Trinajstić information content (AvgIpc) is 3.05. The number of alkyl carbamates (subject to hydrolysis) is 1. The molecule has 2 aromatic carbocycles. The first-order chi connectivity index (χ1) is 25.4. The fraction of sp³-hybridized carbons (Fsp3) is 0.487. The first-order valence-electron chi connectivity index (χ1n) is 17.7. The topological polar surface area (TPSA) is 212 Å². The van der Waals surface area contributed by atoms with Crippen LogP contribution in [0.5, 0.6) is 0 Å². The van der Waals surface area contributed by atoms with E-state index in [-0.39, 0.29) is 6.61 Å². The second-order valence-corrected chi connectivity index (χ2v) is 17.1. The highest BCUT2D eigenvalue weighted by atomic mass is 32.2. The molecule has 0 saturated carbocycles. The number of carbonyl (C=O) groups is 6. The quantitative estimate of drug-likeness (QED) is 0.134. The van der Waals surface area contributed by atoms with Gasteiger partial charge in [-0.05, 0) is 58.6 Å². The number of esters is 2. The lowest BCUT2D eigenvalue weighted by Gasteiger charge is -2.28. The zero-order chi connectivity index (χ0) is 41.6. The van der Waals surface area contributed by atoms with Gasteiger partial charge in [-0.2, -0.15) is 0 Å². The monoisotopic (exact) mass is 786 g/mol. The number of sulfone groups is 1. The standard InChI is InChI=1S/C39H54N4O11S/c1-25(2)32(35(47)40-28(20-21-55(9,50)51)22-30(44)53-38(3,4)5)42-36(48)33(27-18-14-11-15-19-27)43-34(46)29(23-31(45)54-39(6,7)8)41-37(49)52-24-26-16-12-10-13-17-26/h10-21,25,28-29,32-33H,22-24H2,1-9H3,(H,40,47)(H,41,49)(H,42,48)(H,43,46)/b21-20+/t28-,29+,32+,33+/m1/s1. The van der Waals surface area contributed by atoms with E-state index < -0.39 is 99.7 Å². The molecule has 0 radical (unpaired) electrons. The fourth-order valence-electron chi connectivity index (χ4n) is 4.87. The van der Waals surface area contributed by atoms with E-state index >= 15 is 0 Å².